The predicted octanol–water partition coefficient (Wildman–Crippen LogP) is 3.36. The molecule has 1 aliphatic rings. The summed E-state index contributed by atoms with van der Waals surface area (Å²) >= 11 is 3.05. The fourth-order valence-electron chi connectivity index (χ4n) is 1.47. The first-order valence-electron chi connectivity index (χ1n) is 7.04. The van der Waals surface area contributed by atoms with Gasteiger partial charge in [0.2, 0.25) is 0 Å². The van der Waals surface area contributed by atoms with Crippen LogP contribution in [-0.4, -0.2) is 36.7 Å². The molecule has 1 heterocycles. The van der Waals surface area contributed by atoms with Crippen molar-refractivity contribution >= 4 is 35.5 Å². The molecule has 0 amide bonds. The van der Waals surface area contributed by atoms with E-state index < -0.39 is 11.9 Å². The maximum atomic E-state index is 12.1. The summed E-state index contributed by atoms with van der Waals surface area (Å²) in [7, 11) is 0. The van der Waals surface area contributed by atoms with Gasteiger partial charge in [-0.25, -0.2) is 9.59 Å². The monoisotopic (exact) mass is 318 g/mol. The van der Waals surface area contributed by atoms with E-state index >= 15 is 0 Å². The van der Waals surface area contributed by atoms with Gasteiger partial charge in [0.25, 0.3) is 0 Å². The lowest BCUT2D eigenvalue weighted by atomic mass is 10.3. The average Bonchev–Trinajstić information content (AvgIpc) is 2.93. The zero-order valence-corrected chi connectivity index (χ0v) is 13.7. The highest BCUT2D eigenvalue weighted by atomic mass is 32.2. The zero-order valence-electron chi connectivity index (χ0n) is 12.1. The summed E-state index contributed by atoms with van der Waals surface area (Å²) in [5.74, 6) is 0.732. The molecule has 4 nitrogen and oxygen atoms in total. The summed E-state index contributed by atoms with van der Waals surface area (Å²) in [5.41, 5.74) is 0.0877. The van der Waals surface area contributed by atoms with Gasteiger partial charge >= 0.3 is 11.9 Å². The Morgan fingerprint density at radius 1 is 0.950 bits per heavy atom. The van der Waals surface area contributed by atoms with Gasteiger partial charge < -0.3 is 9.47 Å². The Kier molecular flexibility index (Phi) is 8.85. The maximum absolute atomic E-state index is 12.1. The number of hydrogen-bond donors (Lipinski definition) is 0. The zero-order chi connectivity index (χ0) is 14.8. The van der Waals surface area contributed by atoms with E-state index in [0.717, 1.165) is 41.4 Å². The summed E-state index contributed by atoms with van der Waals surface area (Å²) in [5, 5.41) is 0. The Labute approximate surface area is 129 Å². The van der Waals surface area contributed by atoms with E-state index in [-0.39, 0.29) is 5.57 Å². The minimum Gasteiger partial charge on any atom is -0.462 e. The molecule has 20 heavy (non-hydrogen) atoms. The summed E-state index contributed by atoms with van der Waals surface area (Å²) in [6.07, 6.45) is 3.51. The molecule has 0 aromatic heterocycles. The van der Waals surface area contributed by atoms with E-state index in [4.69, 9.17) is 9.47 Å². The second-order valence-electron chi connectivity index (χ2n) is 4.34. The van der Waals surface area contributed by atoms with Gasteiger partial charge in [-0.1, -0.05) is 26.7 Å². The van der Waals surface area contributed by atoms with E-state index in [0.29, 0.717) is 13.2 Å². The second kappa shape index (κ2) is 10.2. The molecule has 1 saturated heterocycles. The number of carbonyl (C=O) groups is 2. The van der Waals surface area contributed by atoms with Crippen molar-refractivity contribution in [2.45, 2.75) is 39.5 Å². The third-order valence-corrected chi connectivity index (χ3v) is 5.34. The molecule has 114 valence electrons. The summed E-state index contributed by atoms with van der Waals surface area (Å²) in [6.45, 7) is 4.75. The van der Waals surface area contributed by atoms with Crippen molar-refractivity contribution in [2.24, 2.45) is 0 Å². The van der Waals surface area contributed by atoms with Crippen LogP contribution in [0.2, 0.25) is 0 Å². The van der Waals surface area contributed by atoms with E-state index in [1.165, 1.54) is 23.5 Å². The van der Waals surface area contributed by atoms with Crippen LogP contribution in [0.5, 0.6) is 0 Å². The smallest absolute Gasteiger partial charge is 0.347 e. The van der Waals surface area contributed by atoms with Gasteiger partial charge in [0.1, 0.15) is 0 Å². The molecular formula is C14H22O4S2. The molecule has 1 rings (SSSR count). The molecule has 6 heteroatoms. The van der Waals surface area contributed by atoms with Gasteiger partial charge in [0, 0.05) is 11.5 Å². The molecule has 0 bridgehead atoms. The fourth-order valence-corrected chi connectivity index (χ4v) is 3.96. The molecule has 0 saturated carbocycles. The van der Waals surface area contributed by atoms with Gasteiger partial charge in [-0.2, -0.15) is 0 Å². The Hall–Kier alpha value is -0.620. The van der Waals surface area contributed by atoms with Crippen molar-refractivity contribution in [2.75, 3.05) is 24.7 Å². The van der Waals surface area contributed by atoms with Crippen molar-refractivity contribution in [3.8, 4) is 0 Å². The lowest BCUT2D eigenvalue weighted by Gasteiger charge is -2.10. The van der Waals surface area contributed by atoms with Crippen LogP contribution < -0.4 is 0 Å². The van der Waals surface area contributed by atoms with E-state index in [1.807, 2.05) is 13.8 Å². The van der Waals surface area contributed by atoms with Crippen LogP contribution in [0.15, 0.2) is 9.81 Å². The number of carbonyl (C=O) groups excluding carboxylic acids is 2. The first-order valence-corrected chi connectivity index (χ1v) is 9.01. The molecular weight excluding hydrogens is 296 g/mol. The standard InChI is InChI=1S/C14H22O4S2/c1-3-5-7-17-12(15)11(14-19-9-10-20-14)13(16)18-8-6-4-2/h3-10H2,1-2H3. The quantitative estimate of drug-likeness (QED) is 0.225. The van der Waals surface area contributed by atoms with Crippen LogP contribution in [0.4, 0.5) is 0 Å². The van der Waals surface area contributed by atoms with E-state index in [1.54, 1.807) is 0 Å². The number of hydrogen-bond acceptors (Lipinski definition) is 6. The van der Waals surface area contributed by atoms with Crippen LogP contribution in [0.1, 0.15) is 39.5 Å². The minimum absolute atomic E-state index is 0.0877. The first kappa shape index (κ1) is 17.4. The first-order chi connectivity index (χ1) is 9.70. The van der Waals surface area contributed by atoms with Crippen LogP contribution in [0.3, 0.4) is 0 Å². The number of esters is 2. The van der Waals surface area contributed by atoms with Crippen molar-refractivity contribution in [3.63, 3.8) is 0 Å². The Balaban J connectivity index is 2.68. The summed E-state index contributed by atoms with van der Waals surface area (Å²) in [6, 6.07) is 0. The maximum Gasteiger partial charge on any atom is 0.347 e. The second-order valence-corrected chi connectivity index (χ2v) is 6.81. The molecule has 0 spiro atoms. The minimum atomic E-state index is -0.545. The Morgan fingerprint density at radius 2 is 1.40 bits per heavy atom. The third kappa shape index (κ3) is 5.79. The van der Waals surface area contributed by atoms with Crippen molar-refractivity contribution in [3.05, 3.63) is 9.81 Å². The van der Waals surface area contributed by atoms with Crippen LogP contribution in [0, 0.1) is 0 Å². The highest BCUT2D eigenvalue weighted by Crippen LogP contribution is 2.39. The fraction of sp³-hybridized carbons (Fsp3) is 0.714. The summed E-state index contributed by atoms with van der Waals surface area (Å²) in [4.78, 5) is 24.1. The van der Waals surface area contributed by atoms with Gasteiger partial charge in [-0.05, 0) is 12.8 Å². The third-order valence-electron chi connectivity index (χ3n) is 2.62. The molecule has 0 aliphatic carbocycles. The SMILES string of the molecule is CCCCOC(=O)C(C(=O)OCCCC)=C1SCCS1. The normalized spacial score (nSPS) is 14.2. The van der Waals surface area contributed by atoms with Gasteiger partial charge in [-0.15, -0.1) is 23.5 Å². The molecule has 0 radical (unpaired) electrons. The number of thioether (sulfide) groups is 2. The van der Waals surface area contributed by atoms with Gasteiger partial charge in [-0.3, -0.25) is 0 Å². The van der Waals surface area contributed by atoms with E-state index in [9.17, 15) is 9.59 Å². The Bertz CT molecular complexity index is 334. The lowest BCUT2D eigenvalue weighted by molar-refractivity contribution is -0.147. The lowest BCUT2D eigenvalue weighted by Crippen LogP contribution is -2.20. The van der Waals surface area contributed by atoms with Crippen LogP contribution in [0.25, 0.3) is 0 Å². The van der Waals surface area contributed by atoms with Crippen molar-refractivity contribution in [1.82, 2.24) is 0 Å². The molecule has 0 aromatic rings. The molecule has 0 unspecified atom stereocenters. The number of ether oxygens (including phenoxy) is 2. The Morgan fingerprint density at radius 3 is 1.80 bits per heavy atom. The van der Waals surface area contributed by atoms with Gasteiger partial charge in [0.05, 0.1) is 17.5 Å². The highest BCUT2D eigenvalue weighted by molar-refractivity contribution is 8.25. The molecule has 1 aliphatic heterocycles. The molecule has 0 N–H and O–H groups in total. The average molecular weight is 318 g/mol. The number of unbranched alkanes of at least 4 members (excludes halogenated alkanes) is 2. The largest absolute Gasteiger partial charge is 0.462 e. The van der Waals surface area contributed by atoms with Gasteiger partial charge in [0.15, 0.2) is 5.57 Å². The van der Waals surface area contributed by atoms with Crippen LogP contribution in [-0.2, 0) is 19.1 Å². The molecule has 0 atom stereocenters. The molecule has 0 aromatic carbocycles. The van der Waals surface area contributed by atoms with Crippen LogP contribution >= 0.6 is 23.5 Å². The van der Waals surface area contributed by atoms with E-state index in [2.05, 4.69) is 0 Å². The number of rotatable bonds is 8. The topological polar surface area (TPSA) is 52.6 Å². The molecule has 1 fully saturated rings. The predicted molar refractivity (Wildman–Crippen MR) is 83.7 cm³/mol. The van der Waals surface area contributed by atoms with Crippen molar-refractivity contribution in [1.29, 1.82) is 0 Å². The summed E-state index contributed by atoms with van der Waals surface area (Å²) < 4.78 is 11.1. The van der Waals surface area contributed by atoms with Crippen molar-refractivity contribution < 1.29 is 19.1 Å². The highest BCUT2D eigenvalue weighted by Gasteiger charge is 2.28.